The van der Waals surface area contributed by atoms with Gasteiger partial charge in [-0.05, 0) is 37.1 Å². The molecule has 3 aromatic carbocycles. The third-order valence-corrected chi connectivity index (χ3v) is 5.81. The predicted octanol–water partition coefficient (Wildman–Crippen LogP) is 4.80. The molecule has 1 aliphatic rings. The number of aliphatic hydroxyl groups is 1. The highest BCUT2D eigenvalue weighted by molar-refractivity contribution is 6.33. The maximum absolute atomic E-state index is 13.7. The second kappa shape index (κ2) is 7.54. The van der Waals surface area contributed by atoms with Gasteiger partial charge in [0.2, 0.25) is 0 Å². The second-order valence-electron chi connectivity index (χ2n) is 7.52. The summed E-state index contributed by atoms with van der Waals surface area (Å²) in [5.41, 5.74) is 3.89. The van der Waals surface area contributed by atoms with Gasteiger partial charge < -0.3 is 15.3 Å². The van der Waals surface area contributed by atoms with Crippen molar-refractivity contribution in [1.29, 1.82) is 0 Å². The summed E-state index contributed by atoms with van der Waals surface area (Å²) in [6, 6.07) is 21.3. The van der Waals surface area contributed by atoms with Crippen LogP contribution in [0, 0.1) is 13.8 Å². The average molecular weight is 407 g/mol. The summed E-state index contributed by atoms with van der Waals surface area (Å²) in [5, 5.41) is 14.3. The number of hydrogen-bond acceptors (Lipinski definition) is 3. The number of aliphatic hydroxyl groups excluding tert-OH is 1. The Labute approximate surface area is 175 Å². The first-order valence-electron chi connectivity index (χ1n) is 9.57. The van der Waals surface area contributed by atoms with Crippen molar-refractivity contribution in [3.63, 3.8) is 0 Å². The van der Waals surface area contributed by atoms with Crippen LogP contribution >= 0.6 is 11.6 Å². The fourth-order valence-corrected chi connectivity index (χ4v) is 4.19. The summed E-state index contributed by atoms with van der Waals surface area (Å²) in [5.74, 6) is -0.191. The summed E-state index contributed by atoms with van der Waals surface area (Å²) in [6.07, 6.45) is 0. The normalized spacial score (nSPS) is 18.1. The molecule has 1 heterocycles. The monoisotopic (exact) mass is 406 g/mol. The Hall–Kier alpha value is -2.82. The molecule has 0 aliphatic carbocycles. The van der Waals surface area contributed by atoms with E-state index in [0.29, 0.717) is 17.3 Å². The van der Waals surface area contributed by atoms with Crippen LogP contribution in [0.2, 0.25) is 5.02 Å². The third-order valence-electron chi connectivity index (χ3n) is 5.49. The molecule has 29 heavy (non-hydrogen) atoms. The first-order valence-corrected chi connectivity index (χ1v) is 9.95. The zero-order valence-corrected chi connectivity index (χ0v) is 17.2. The van der Waals surface area contributed by atoms with Crippen LogP contribution in [0.25, 0.3) is 0 Å². The maximum atomic E-state index is 13.7. The number of aryl methyl sites for hydroxylation is 2. The fraction of sp³-hybridized carbons (Fsp3) is 0.208. The number of nitrogens with zero attached hydrogens (tertiary/aromatic N) is 1. The first-order chi connectivity index (χ1) is 14.0. The number of carbonyl (C=O) groups excluding carboxylic acids is 1. The molecule has 0 saturated heterocycles. The minimum absolute atomic E-state index is 0.191. The predicted molar refractivity (Wildman–Crippen MR) is 117 cm³/mol. The molecule has 2 N–H and O–H groups in total. The quantitative estimate of drug-likeness (QED) is 0.639. The van der Waals surface area contributed by atoms with E-state index in [0.717, 1.165) is 27.9 Å². The first kappa shape index (κ1) is 19.5. The highest BCUT2D eigenvalue weighted by atomic mass is 35.5. The molecule has 5 heteroatoms. The Kier molecular flexibility index (Phi) is 5.07. The smallest absolute Gasteiger partial charge is 0.260 e. The van der Waals surface area contributed by atoms with Crippen LogP contribution in [0.4, 0.5) is 11.4 Å². The Morgan fingerprint density at radius 1 is 1.03 bits per heavy atom. The van der Waals surface area contributed by atoms with Crippen LogP contribution in [-0.4, -0.2) is 17.6 Å². The Morgan fingerprint density at radius 3 is 2.48 bits per heavy atom. The van der Waals surface area contributed by atoms with Crippen molar-refractivity contribution < 1.29 is 9.90 Å². The molecule has 0 fully saturated rings. The molecular weight excluding hydrogens is 384 g/mol. The molecule has 0 bridgehead atoms. The number of amides is 1. The van der Waals surface area contributed by atoms with Crippen molar-refractivity contribution in [2.45, 2.75) is 25.9 Å². The molecule has 148 valence electrons. The summed E-state index contributed by atoms with van der Waals surface area (Å²) in [7, 11) is 0. The van der Waals surface area contributed by atoms with Crippen molar-refractivity contribution >= 4 is 28.9 Å². The molecule has 1 atom stereocenters. The number of benzene rings is 3. The molecule has 0 radical (unpaired) electrons. The van der Waals surface area contributed by atoms with Crippen LogP contribution in [-0.2, 0) is 16.9 Å². The number of anilines is 2. The highest BCUT2D eigenvalue weighted by Gasteiger charge is 2.51. The lowest BCUT2D eigenvalue weighted by Crippen LogP contribution is -2.48. The molecule has 0 saturated carbocycles. The second-order valence-corrected chi connectivity index (χ2v) is 7.92. The lowest BCUT2D eigenvalue weighted by atomic mass is 9.90. The van der Waals surface area contributed by atoms with Crippen LogP contribution in [0.1, 0.15) is 22.3 Å². The molecule has 0 aromatic heterocycles. The number of nitrogens with one attached hydrogen (secondary N) is 1. The van der Waals surface area contributed by atoms with Crippen molar-refractivity contribution in [2.24, 2.45) is 0 Å². The SMILES string of the molecule is Cc1ccc2c(c1)C(CO)(Nc1c(C)cccc1Cl)C(=O)N2Cc1ccccc1. The van der Waals surface area contributed by atoms with E-state index in [-0.39, 0.29) is 12.5 Å². The van der Waals surface area contributed by atoms with Crippen molar-refractivity contribution in [2.75, 3.05) is 16.8 Å². The largest absolute Gasteiger partial charge is 0.393 e. The Balaban J connectivity index is 1.84. The van der Waals surface area contributed by atoms with E-state index in [2.05, 4.69) is 5.32 Å². The topological polar surface area (TPSA) is 52.6 Å². The van der Waals surface area contributed by atoms with Gasteiger partial charge >= 0.3 is 0 Å². The fourth-order valence-electron chi connectivity index (χ4n) is 3.92. The van der Waals surface area contributed by atoms with Gasteiger partial charge in [-0.1, -0.05) is 71.8 Å². The number of carbonyl (C=O) groups is 1. The van der Waals surface area contributed by atoms with E-state index in [9.17, 15) is 9.90 Å². The van der Waals surface area contributed by atoms with Crippen LogP contribution < -0.4 is 10.2 Å². The maximum Gasteiger partial charge on any atom is 0.260 e. The standard InChI is InChI=1S/C24H23ClN2O2/c1-16-11-12-21-19(13-16)24(15-28,26-22-17(2)7-6-10-20(22)25)23(29)27(21)14-18-8-4-3-5-9-18/h3-13,26,28H,14-15H2,1-2H3. The lowest BCUT2D eigenvalue weighted by Gasteiger charge is -2.30. The van der Waals surface area contributed by atoms with Gasteiger partial charge in [-0.15, -0.1) is 0 Å². The van der Waals surface area contributed by atoms with Crippen molar-refractivity contribution in [1.82, 2.24) is 0 Å². The van der Waals surface area contributed by atoms with Crippen molar-refractivity contribution in [3.05, 3.63) is 94.0 Å². The number of halogens is 1. The highest BCUT2D eigenvalue weighted by Crippen LogP contribution is 2.44. The lowest BCUT2D eigenvalue weighted by molar-refractivity contribution is -0.123. The summed E-state index contributed by atoms with van der Waals surface area (Å²) < 4.78 is 0. The van der Waals surface area contributed by atoms with Gasteiger partial charge in [0.15, 0.2) is 5.54 Å². The molecule has 4 nitrogen and oxygen atoms in total. The van der Waals surface area contributed by atoms with E-state index in [1.165, 1.54) is 0 Å². The van der Waals surface area contributed by atoms with Gasteiger partial charge in [0, 0.05) is 5.56 Å². The molecule has 1 amide bonds. The zero-order chi connectivity index (χ0) is 20.6. The summed E-state index contributed by atoms with van der Waals surface area (Å²) in [4.78, 5) is 15.5. The van der Waals surface area contributed by atoms with E-state index < -0.39 is 5.54 Å². The van der Waals surface area contributed by atoms with E-state index in [4.69, 9.17) is 11.6 Å². The van der Waals surface area contributed by atoms with E-state index in [1.807, 2.05) is 74.5 Å². The molecule has 1 unspecified atom stereocenters. The van der Waals surface area contributed by atoms with Gasteiger partial charge in [-0.25, -0.2) is 0 Å². The van der Waals surface area contributed by atoms with Crippen LogP contribution in [0.5, 0.6) is 0 Å². The van der Waals surface area contributed by atoms with E-state index >= 15 is 0 Å². The number of rotatable bonds is 5. The molecule has 3 aromatic rings. The Bertz CT molecular complexity index is 1050. The average Bonchev–Trinajstić information content (AvgIpc) is 2.94. The minimum atomic E-state index is -1.29. The molecule has 4 rings (SSSR count). The van der Waals surface area contributed by atoms with Gasteiger partial charge in [0.25, 0.3) is 5.91 Å². The summed E-state index contributed by atoms with van der Waals surface area (Å²) in [6.45, 7) is 3.96. The molecule has 1 aliphatic heterocycles. The zero-order valence-electron chi connectivity index (χ0n) is 16.4. The molecular formula is C24H23ClN2O2. The van der Waals surface area contributed by atoms with E-state index in [1.54, 1.807) is 11.0 Å². The van der Waals surface area contributed by atoms with Crippen LogP contribution in [0.3, 0.4) is 0 Å². The third kappa shape index (κ3) is 3.28. The van der Waals surface area contributed by atoms with Gasteiger partial charge in [0.1, 0.15) is 0 Å². The summed E-state index contributed by atoms with van der Waals surface area (Å²) >= 11 is 6.43. The number of hydrogen-bond donors (Lipinski definition) is 2. The van der Waals surface area contributed by atoms with Gasteiger partial charge in [-0.2, -0.15) is 0 Å². The molecule has 0 spiro atoms. The number of para-hydroxylation sites is 1. The minimum Gasteiger partial charge on any atom is -0.393 e. The van der Waals surface area contributed by atoms with Crippen LogP contribution in [0.15, 0.2) is 66.7 Å². The number of fused-ring (bicyclic) bond motifs is 1. The Morgan fingerprint density at radius 2 is 1.79 bits per heavy atom. The van der Waals surface area contributed by atoms with Crippen molar-refractivity contribution in [3.8, 4) is 0 Å². The van der Waals surface area contributed by atoms with Gasteiger partial charge in [-0.3, -0.25) is 4.79 Å². The van der Waals surface area contributed by atoms with Gasteiger partial charge in [0.05, 0.1) is 29.5 Å².